The van der Waals surface area contributed by atoms with Crippen molar-refractivity contribution in [1.82, 2.24) is 4.31 Å². The number of benzene rings is 1. The van der Waals surface area contributed by atoms with Crippen LogP contribution in [0.4, 0.5) is 11.4 Å². The number of aliphatic carboxylic acids is 1. The number of hydrogen-bond donors (Lipinski definition) is 3. The maximum Gasteiger partial charge on any atom is 0.322 e. The number of nitrogens with one attached hydrogen (secondary N) is 2. The smallest absolute Gasteiger partial charge is 0.322 e. The van der Waals surface area contributed by atoms with Crippen LogP contribution in [0, 0.1) is 0 Å². The number of carboxylic acid groups (broad SMARTS) is 1. The van der Waals surface area contributed by atoms with Crippen LogP contribution in [0.3, 0.4) is 0 Å². The molecule has 2 aliphatic heterocycles. The van der Waals surface area contributed by atoms with Gasteiger partial charge in [0, 0.05) is 6.54 Å². The van der Waals surface area contributed by atoms with E-state index in [-0.39, 0.29) is 30.0 Å². The molecule has 24 heavy (non-hydrogen) atoms. The van der Waals surface area contributed by atoms with Crippen molar-refractivity contribution in [3.63, 3.8) is 0 Å². The average Bonchev–Trinajstić information content (AvgIpc) is 2.94. The zero-order chi connectivity index (χ0) is 17.5. The summed E-state index contributed by atoms with van der Waals surface area (Å²) in [5.41, 5.74) is 0.457. The van der Waals surface area contributed by atoms with Gasteiger partial charge < -0.3 is 15.7 Å². The summed E-state index contributed by atoms with van der Waals surface area (Å²) in [5.74, 6) is -2.23. The van der Waals surface area contributed by atoms with Crippen LogP contribution in [0.2, 0.25) is 0 Å². The zero-order valence-corrected chi connectivity index (χ0v) is 13.3. The van der Waals surface area contributed by atoms with Crippen LogP contribution in [0.1, 0.15) is 19.3 Å². The molecule has 9 nitrogen and oxygen atoms in total. The number of amides is 2. The van der Waals surface area contributed by atoms with Gasteiger partial charge in [-0.3, -0.25) is 14.4 Å². The first-order valence-electron chi connectivity index (χ1n) is 7.27. The molecule has 1 aromatic carbocycles. The lowest BCUT2D eigenvalue weighted by atomic mass is 10.2. The van der Waals surface area contributed by atoms with Crippen molar-refractivity contribution in [2.45, 2.75) is 30.2 Å². The molecule has 1 saturated heterocycles. The first-order valence-corrected chi connectivity index (χ1v) is 8.71. The number of hydrogen-bond acceptors (Lipinski definition) is 5. The summed E-state index contributed by atoms with van der Waals surface area (Å²) in [6.45, 7) is 0.124. The van der Waals surface area contributed by atoms with Crippen molar-refractivity contribution >= 4 is 39.2 Å². The van der Waals surface area contributed by atoms with Gasteiger partial charge in [-0.2, -0.15) is 4.31 Å². The maximum absolute atomic E-state index is 12.7. The van der Waals surface area contributed by atoms with Gasteiger partial charge in [-0.25, -0.2) is 8.42 Å². The second kappa shape index (κ2) is 5.87. The highest BCUT2D eigenvalue weighted by Gasteiger charge is 2.39. The van der Waals surface area contributed by atoms with E-state index in [1.807, 2.05) is 0 Å². The average molecular weight is 353 g/mol. The highest BCUT2D eigenvalue weighted by atomic mass is 32.2. The molecule has 0 aromatic heterocycles. The van der Waals surface area contributed by atoms with Crippen LogP contribution in [-0.4, -0.2) is 48.2 Å². The molecular weight excluding hydrogens is 338 g/mol. The second-order valence-electron chi connectivity index (χ2n) is 5.59. The first kappa shape index (κ1) is 16.4. The van der Waals surface area contributed by atoms with E-state index in [1.54, 1.807) is 0 Å². The molecule has 128 valence electrons. The number of rotatable bonds is 3. The van der Waals surface area contributed by atoms with Gasteiger partial charge in [-0.1, -0.05) is 0 Å². The van der Waals surface area contributed by atoms with Gasteiger partial charge in [-0.05, 0) is 31.0 Å². The van der Waals surface area contributed by atoms with Gasteiger partial charge >= 0.3 is 5.97 Å². The van der Waals surface area contributed by atoms with E-state index < -0.39 is 33.8 Å². The Balaban J connectivity index is 1.99. The molecule has 2 heterocycles. The predicted octanol–water partition coefficient (Wildman–Crippen LogP) is 0.205. The van der Waals surface area contributed by atoms with Crippen molar-refractivity contribution in [2.24, 2.45) is 0 Å². The monoisotopic (exact) mass is 353 g/mol. The molecule has 3 N–H and O–H groups in total. The third kappa shape index (κ3) is 2.85. The molecule has 1 fully saturated rings. The van der Waals surface area contributed by atoms with Crippen LogP contribution in [0.15, 0.2) is 23.1 Å². The van der Waals surface area contributed by atoms with Crippen LogP contribution in [-0.2, 0) is 24.4 Å². The number of sulfonamides is 1. The SMILES string of the molecule is O=C1CC(=O)Nc2cc(S(=O)(=O)N3CCC[C@@H]3C(=O)O)ccc2N1. The van der Waals surface area contributed by atoms with E-state index in [9.17, 15) is 27.9 Å². The molecule has 0 bridgehead atoms. The van der Waals surface area contributed by atoms with E-state index in [4.69, 9.17) is 0 Å². The Hall–Kier alpha value is -2.46. The zero-order valence-electron chi connectivity index (χ0n) is 12.5. The molecule has 0 aliphatic carbocycles. The molecule has 1 atom stereocenters. The fourth-order valence-corrected chi connectivity index (χ4v) is 4.52. The van der Waals surface area contributed by atoms with E-state index in [2.05, 4.69) is 10.6 Å². The van der Waals surface area contributed by atoms with Crippen LogP contribution in [0.25, 0.3) is 0 Å². The van der Waals surface area contributed by atoms with Gasteiger partial charge in [0.1, 0.15) is 12.5 Å². The number of carboxylic acids is 1. The van der Waals surface area contributed by atoms with Crippen LogP contribution in [0.5, 0.6) is 0 Å². The normalized spacial score (nSPS) is 21.6. The number of fused-ring (bicyclic) bond motifs is 1. The minimum Gasteiger partial charge on any atom is -0.480 e. The number of carbonyl (C=O) groups is 3. The Morgan fingerprint density at radius 3 is 2.50 bits per heavy atom. The lowest BCUT2D eigenvalue weighted by molar-refractivity contribution is -0.140. The van der Waals surface area contributed by atoms with Gasteiger partial charge in [-0.15, -0.1) is 0 Å². The highest BCUT2D eigenvalue weighted by Crippen LogP contribution is 2.31. The molecule has 0 radical (unpaired) electrons. The largest absolute Gasteiger partial charge is 0.480 e. The number of nitrogens with zero attached hydrogens (tertiary/aromatic N) is 1. The Labute approximate surface area is 137 Å². The second-order valence-corrected chi connectivity index (χ2v) is 7.48. The lowest BCUT2D eigenvalue weighted by Crippen LogP contribution is -2.40. The van der Waals surface area contributed by atoms with Crippen molar-refractivity contribution in [3.05, 3.63) is 18.2 Å². The third-order valence-corrected chi connectivity index (χ3v) is 5.86. The van der Waals surface area contributed by atoms with Crippen molar-refractivity contribution in [1.29, 1.82) is 0 Å². The fourth-order valence-electron chi connectivity index (χ4n) is 2.84. The molecular formula is C14H15N3O6S. The van der Waals surface area contributed by atoms with Crippen LogP contribution >= 0.6 is 0 Å². The highest BCUT2D eigenvalue weighted by molar-refractivity contribution is 7.89. The summed E-state index contributed by atoms with van der Waals surface area (Å²) >= 11 is 0. The summed E-state index contributed by atoms with van der Waals surface area (Å²) in [4.78, 5) is 34.2. The van der Waals surface area contributed by atoms with Crippen LogP contribution < -0.4 is 10.6 Å². The van der Waals surface area contributed by atoms with Gasteiger partial charge in [0.2, 0.25) is 21.8 Å². The van der Waals surface area contributed by atoms with Gasteiger partial charge in [0.05, 0.1) is 16.3 Å². The summed E-state index contributed by atoms with van der Waals surface area (Å²) in [6.07, 6.45) is 0.365. The summed E-state index contributed by atoms with van der Waals surface area (Å²) in [6, 6.07) is 2.79. The van der Waals surface area contributed by atoms with Gasteiger partial charge in [0.15, 0.2) is 0 Å². The first-order chi connectivity index (χ1) is 11.3. The summed E-state index contributed by atoms with van der Waals surface area (Å²) < 4.78 is 26.4. The van der Waals surface area contributed by atoms with E-state index in [1.165, 1.54) is 18.2 Å². The molecule has 1 aromatic rings. The number of anilines is 2. The molecule has 10 heteroatoms. The summed E-state index contributed by atoms with van der Waals surface area (Å²) in [7, 11) is -4.02. The quantitative estimate of drug-likeness (QED) is 0.665. The molecule has 2 amide bonds. The van der Waals surface area contributed by atoms with Gasteiger partial charge in [0.25, 0.3) is 0 Å². The van der Waals surface area contributed by atoms with Crippen molar-refractivity contribution < 1.29 is 27.9 Å². The standard InChI is InChI=1S/C14H15N3O6S/c18-12-7-13(19)16-10-6-8(3-4-9(10)15-12)24(22,23)17-5-1-2-11(17)14(20)21/h3-4,6,11H,1-2,5,7H2,(H,15,18)(H,16,19)(H,20,21)/t11-/m1/s1. The molecule has 0 saturated carbocycles. The van der Waals surface area contributed by atoms with Crippen molar-refractivity contribution in [2.75, 3.05) is 17.2 Å². The summed E-state index contributed by atoms with van der Waals surface area (Å²) in [5, 5.41) is 14.1. The molecule has 0 spiro atoms. The topological polar surface area (TPSA) is 133 Å². The molecule has 0 unspecified atom stereocenters. The molecule has 2 aliphatic rings. The maximum atomic E-state index is 12.7. The Bertz CT molecular complexity index is 835. The third-order valence-electron chi connectivity index (χ3n) is 3.96. The minimum absolute atomic E-state index is 0.124. The predicted molar refractivity (Wildman–Crippen MR) is 82.9 cm³/mol. The Kier molecular flexibility index (Phi) is 4.01. The lowest BCUT2D eigenvalue weighted by Gasteiger charge is -2.21. The molecule has 3 rings (SSSR count). The van der Waals surface area contributed by atoms with Crippen molar-refractivity contribution in [3.8, 4) is 0 Å². The fraction of sp³-hybridized carbons (Fsp3) is 0.357. The van der Waals surface area contributed by atoms with E-state index in [0.717, 1.165) is 4.31 Å². The van der Waals surface area contributed by atoms with E-state index >= 15 is 0 Å². The Morgan fingerprint density at radius 2 is 1.83 bits per heavy atom. The number of carbonyl (C=O) groups excluding carboxylic acids is 2. The Morgan fingerprint density at radius 1 is 1.17 bits per heavy atom. The van der Waals surface area contributed by atoms with E-state index in [0.29, 0.717) is 12.1 Å². The minimum atomic E-state index is -4.02.